The van der Waals surface area contributed by atoms with E-state index < -0.39 is 0 Å². The molecule has 0 unspecified atom stereocenters. The first-order valence-electron chi connectivity index (χ1n) is 10.4. The normalized spacial score (nSPS) is 18.7. The standard InChI is InChI=1S/C22H25N5O2S/c1-15-20(24-18-5-3-4-8-27(15)18)21(29)25-9-6-22(7-10-25)11-19(28)26(14-22)12-17-13-30-16(2)23-17/h3-5,8,13H,6-7,9-12,14H2,1-2H3. The highest BCUT2D eigenvalue weighted by Gasteiger charge is 2.45. The summed E-state index contributed by atoms with van der Waals surface area (Å²) >= 11 is 1.62. The van der Waals surface area contributed by atoms with Gasteiger partial charge in [0.1, 0.15) is 11.3 Å². The molecule has 30 heavy (non-hydrogen) atoms. The van der Waals surface area contributed by atoms with Crippen molar-refractivity contribution in [3.05, 3.63) is 51.9 Å². The number of carbonyl (C=O) groups is 2. The fourth-order valence-corrected chi connectivity index (χ4v) is 5.40. The van der Waals surface area contributed by atoms with Crippen LogP contribution in [0, 0.1) is 19.3 Å². The van der Waals surface area contributed by atoms with Crippen LogP contribution in [0.4, 0.5) is 0 Å². The number of aromatic nitrogens is 3. The summed E-state index contributed by atoms with van der Waals surface area (Å²) in [6.07, 6.45) is 4.21. The topological polar surface area (TPSA) is 70.8 Å². The Bertz CT molecular complexity index is 1130. The number of piperidine rings is 1. The molecule has 2 saturated heterocycles. The first-order chi connectivity index (χ1) is 14.4. The molecular formula is C22H25N5O2S. The van der Waals surface area contributed by atoms with Gasteiger partial charge in [0.2, 0.25) is 5.91 Å². The van der Waals surface area contributed by atoms with Crippen molar-refractivity contribution in [3.8, 4) is 0 Å². The van der Waals surface area contributed by atoms with Crippen molar-refractivity contribution in [3.63, 3.8) is 0 Å². The van der Waals surface area contributed by atoms with Gasteiger partial charge in [0, 0.05) is 43.0 Å². The lowest BCUT2D eigenvalue weighted by atomic mass is 9.77. The fraction of sp³-hybridized carbons (Fsp3) is 0.455. The molecule has 2 aliphatic heterocycles. The van der Waals surface area contributed by atoms with Crippen LogP contribution in [0.2, 0.25) is 0 Å². The number of rotatable bonds is 3. The molecule has 5 heterocycles. The van der Waals surface area contributed by atoms with Crippen LogP contribution in [0.25, 0.3) is 5.65 Å². The van der Waals surface area contributed by atoms with Gasteiger partial charge in [-0.05, 0) is 38.8 Å². The van der Waals surface area contributed by atoms with Crippen molar-refractivity contribution in [1.29, 1.82) is 0 Å². The summed E-state index contributed by atoms with van der Waals surface area (Å²) in [7, 11) is 0. The number of amides is 2. The molecule has 0 aromatic carbocycles. The molecule has 3 aromatic rings. The van der Waals surface area contributed by atoms with Gasteiger partial charge in [-0.25, -0.2) is 9.97 Å². The van der Waals surface area contributed by atoms with Crippen LogP contribution in [-0.2, 0) is 11.3 Å². The molecule has 1 spiro atoms. The summed E-state index contributed by atoms with van der Waals surface area (Å²) in [6.45, 7) is 6.61. The van der Waals surface area contributed by atoms with E-state index >= 15 is 0 Å². The highest BCUT2D eigenvalue weighted by molar-refractivity contribution is 7.09. The molecule has 156 valence electrons. The summed E-state index contributed by atoms with van der Waals surface area (Å²) in [5.41, 5.74) is 3.14. The van der Waals surface area contributed by atoms with Crippen LogP contribution < -0.4 is 0 Å². The predicted molar refractivity (Wildman–Crippen MR) is 114 cm³/mol. The minimum atomic E-state index is -0.0209. The molecule has 0 N–H and O–H groups in total. The summed E-state index contributed by atoms with van der Waals surface area (Å²) in [6, 6.07) is 5.78. The highest BCUT2D eigenvalue weighted by Crippen LogP contribution is 2.41. The van der Waals surface area contributed by atoms with E-state index in [9.17, 15) is 9.59 Å². The molecule has 5 rings (SSSR count). The van der Waals surface area contributed by atoms with Gasteiger partial charge in [-0.15, -0.1) is 11.3 Å². The number of thiazole rings is 1. The number of hydrogen-bond donors (Lipinski definition) is 0. The molecule has 2 aliphatic rings. The number of likely N-dealkylation sites (tertiary alicyclic amines) is 2. The zero-order valence-electron chi connectivity index (χ0n) is 17.3. The van der Waals surface area contributed by atoms with E-state index in [-0.39, 0.29) is 17.2 Å². The van der Waals surface area contributed by atoms with Crippen molar-refractivity contribution in [2.75, 3.05) is 19.6 Å². The fourth-order valence-electron chi connectivity index (χ4n) is 4.79. The molecule has 0 atom stereocenters. The highest BCUT2D eigenvalue weighted by atomic mass is 32.1. The van der Waals surface area contributed by atoms with E-state index in [1.54, 1.807) is 11.3 Å². The van der Waals surface area contributed by atoms with Crippen LogP contribution >= 0.6 is 11.3 Å². The van der Waals surface area contributed by atoms with E-state index in [1.807, 2.05) is 57.8 Å². The monoisotopic (exact) mass is 423 g/mol. The van der Waals surface area contributed by atoms with E-state index in [0.717, 1.165) is 41.4 Å². The van der Waals surface area contributed by atoms with Gasteiger partial charge >= 0.3 is 0 Å². The number of imidazole rings is 1. The van der Waals surface area contributed by atoms with Crippen molar-refractivity contribution < 1.29 is 9.59 Å². The summed E-state index contributed by atoms with van der Waals surface area (Å²) in [5, 5.41) is 3.06. The average Bonchev–Trinajstić information content (AvgIpc) is 3.39. The quantitative estimate of drug-likeness (QED) is 0.649. The Morgan fingerprint density at radius 3 is 2.70 bits per heavy atom. The first-order valence-corrected chi connectivity index (χ1v) is 11.2. The Morgan fingerprint density at radius 2 is 2.00 bits per heavy atom. The third-order valence-electron chi connectivity index (χ3n) is 6.51. The van der Waals surface area contributed by atoms with Crippen molar-refractivity contribution in [2.24, 2.45) is 5.41 Å². The van der Waals surface area contributed by atoms with Crippen molar-refractivity contribution in [2.45, 2.75) is 39.7 Å². The van der Waals surface area contributed by atoms with Crippen LogP contribution in [0.1, 0.15) is 46.1 Å². The van der Waals surface area contributed by atoms with Gasteiger partial charge in [-0.3, -0.25) is 9.59 Å². The maximum Gasteiger partial charge on any atom is 0.274 e. The summed E-state index contributed by atoms with van der Waals surface area (Å²) in [4.78, 5) is 38.7. The largest absolute Gasteiger partial charge is 0.337 e. The van der Waals surface area contributed by atoms with E-state index in [0.29, 0.717) is 31.7 Å². The Balaban J connectivity index is 1.26. The number of nitrogens with zero attached hydrogens (tertiary/aromatic N) is 5. The number of pyridine rings is 1. The smallest absolute Gasteiger partial charge is 0.274 e. The third-order valence-corrected chi connectivity index (χ3v) is 7.33. The van der Waals surface area contributed by atoms with E-state index in [4.69, 9.17) is 0 Å². The molecule has 0 bridgehead atoms. The molecule has 0 radical (unpaired) electrons. The van der Waals surface area contributed by atoms with Gasteiger partial charge in [0.15, 0.2) is 0 Å². The van der Waals surface area contributed by atoms with Crippen LogP contribution in [0.3, 0.4) is 0 Å². The molecule has 2 fully saturated rings. The number of aryl methyl sites for hydroxylation is 2. The predicted octanol–water partition coefficient (Wildman–Crippen LogP) is 3.06. The van der Waals surface area contributed by atoms with Crippen LogP contribution in [0.5, 0.6) is 0 Å². The minimum Gasteiger partial charge on any atom is -0.337 e. The lowest BCUT2D eigenvalue weighted by Gasteiger charge is -2.38. The lowest BCUT2D eigenvalue weighted by molar-refractivity contribution is -0.128. The maximum atomic E-state index is 13.1. The number of fused-ring (bicyclic) bond motifs is 1. The molecule has 0 saturated carbocycles. The first kappa shape index (κ1) is 19.2. The molecule has 7 nitrogen and oxygen atoms in total. The Kier molecular flexibility index (Phi) is 4.61. The number of carbonyl (C=O) groups excluding carboxylic acids is 2. The van der Waals surface area contributed by atoms with Gasteiger partial charge in [0.25, 0.3) is 5.91 Å². The van der Waals surface area contributed by atoms with Crippen LogP contribution in [-0.4, -0.2) is 55.6 Å². The second-order valence-electron chi connectivity index (χ2n) is 8.55. The second-order valence-corrected chi connectivity index (χ2v) is 9.61. The van der Waals surface area contributed by atoms with Crippen molar-refractivity contribution >= 4 is 28.8 Å². The minimum absolute atomic E-state index is 0.00909. The zero-order valence-corrected chi connectivity index (χ0v) is 18.1. The number of hydrogen-bond acceptors (Lipinski definition) is 5. The van der Waals surface area contributed by atoms with E-state index in [1.165, 1.54) is 0 Å². The van der Waals surface area contributed by atoms with Gasteiger partial charge in [-0.1, -0.05) is 6.07 Å². The molecular weight excluding hydrogens is 398 g/mol. The third kappa shape index (κ3) is 3.29. The molecule has 8 heteroatoms. The maximum absolute atomic E-state index is 13.1. The SMILES string of the molecule is Cc1nc(CN2CC3(CCN(C(=O)c4nc5ccccn5c4C)CC3)CC2=O)cs1. The van der Waals surface area contributed by atoms with Gasteiger partial charge in [0.05, 0.1) is 22.9 Å². The zero-order chi connectivity index (χ0) is 20.9. The molecule has 0 aliphatic carbocycles. The second kappa shape index (κ2) is 7.19. The lowest BCUT2D eigenvalue weighted by Crippen LogP contribution is -2.44. The van der Waals surface area contributed by atoms with Gasteiger partial charge < -0.3 is 14.2 Å². The summed E-state index contributed by atoms with van der Waals surface area (Å²) < 4.78 is 1.95. The van der Waals surface area contributed by atoms with E-state index in [2.05, 4.69) is 9.97 Å². The summed E-state index contributed by atoms with van der Waals surface area (Å²) in [5.74, 6) is 0.196. The van der Waals surface area contributed by atoms with Crippen LogP contribution in [0.15, 0.2) is 29.8 Å². The van der Waals surface area contributed by atoms with Crippen molar-refractivity contribution in [1.82, 2.24) is 24.2 Å². The Hall–Kier alpha value is -2.74. The molecule has 3 aromatic heterocycles. The average molecular weight is 424 g/mol. The Morgan fingerprint density at radius 1 is 1.20 bits per heavy atom. The Labute approximate surface area is 179 Å². The molecule has 2 amide bonds. The van der Waals surface area contributed by atoms with Gasteiger partial charge in [-0.2, -0.15) is 0 Å².